The summed E-state index contributed by atoms with van der Waals surface area (Å²) in [6.45, 7) is 0. The molecule has 0 aliphatic rings. The Morgan fingerprint density at radius 3 is 3.00 bits per heavy atom. The second-order valence-electron chi connectivity index (χ2n) is 3.68. The van der Waals surface area contributed by atoms with E-state index in [1.807, 2.05) is 35.7 Å². The molecule has 2 aromatic heterocycles. The third-order valence-electron chi connectivity index (χ3n) is 2.47. The summed E-state index contributed by atoms with van der Waals surface area (Å²) in [4.78, 5) is 4.46. The van der Waals surface area contributed by atoms with Crippen molar-refractivity contribution in [1.29, 1.82) is 5.26 Å². The summed E-state index contributed by atoms with van der Waals surface area (Å²) in [6, 6.07) is 9.43. The Balaban J connectivity index is 2.03. The largest absolute Gasteiger partial charge is 0.234 e. The van der Waals surface area contributed by atoms with Gasteiger partial charge in [0.25, 0.3) is 0 Å². The lowest BCUT2D eigenvalue weighted by Gasteiger charge is -1.96. The van der Waals surface area contributed by atoms with Gasteiger partial charge in [-0.05, 0) is 12.1 Å². The van der Waals surface area contributed by atoms with E-state index in [4.69, 9.17) is 16.9 Å². The van der Waals surface area contributed by atoms with E-state index < -0.39 is 0 Å². The van der Waals surface area contributed by atoms with Crippen molar-refractivity contribution in [3.8, 4) is 28.0 Å². The molecule has 0 amide bonds. The zero-order valence-corrected chi connectivity index (χ0v) is 11.0. The molecule has 0 saturated carbocycles. The Morgan fingerprint density at radius 2 is 2.21 bits per heavy atom. The fourth-order valence-corrected chi connectivity index (χ4v) is 2.62. The van der Waals surface area contributed by atoms with Crippen molar-refractivity contribution in [3.63, 3.8) is 0 Å². The highest BCUT2D eigenvalue weighted by atomic mass is 35.5. The summed E-state index contributed by atoms with van der Waals surface area (Å²) >= 11 is 7.42. The molecule has 19 heavy (non-hydrogen) atoms. The van der Waals surface area contributed by atoms with Gasteiger partial charge in [0.2, 0.25) is 0 Å². The van der Waals surface area contributed by atoms with E-state index in [1.165, 1.54) is 11.3 Å². The van der Waals surface area contributed by atoms with Gasteiger partial charge in [0.1, 0.15) is 22.5 Å². The maximum absolute atomic E-state index is 8.91. The van der Waals surface area contributed by atoms with Crippen molar-refractivity contribution in [2.45, 2.75) is 0 Å². The van der Waals surface area contributed by atoms with Crippen molar-refractivity contribution < 1.29 is 0 Å². The molecule has 3 aromatic rings. The van der Waals surface area contributed by atoms with Crippen molar-refractivity contribution in [1.82, 2.24) is 20.4 Å². The van der Waals surface area contributed by atoms with Crippen LogP contribution in [0.15, 0.2) is 29.6 Å². The first-order valence-electron chi connectivity index (χ1n) is 5.30. The van der Waals surface area contributed by atoms with Crippen molar-refractivity contribution >= 4 is 22.9 Å². The number of benzene rings is 1. The molecule has 7 heteroatoms. The fourth-order valence-electron chi connectivity index (χ4n) is 1.62. The van der Waals surface area contributed by atoms with Gasteiger partial charge in [-0.1, -0.05) is 23.7 Å². The maximum Gasteiger partial charge on any atom is 0.192 e. The van der Waals surface area contributed by atoms with Gasteiger partial charge >= 0.3 is 0 Å². The highest BCUT2D eigenvalue weighted by Crippen LogP contribution is 2.29. The molecule has 0 atom stereocenters. The van der Waals surface area contributed by atoms with Gasteiger partial charge in [-0.3, -0.25) is 0 Å². The normalized spacial score (nSPS) is 10.3. The minimum atomic E-state index is 0.239. The van der Waals surface area contributed by atoms with Gasteiger partial charge in [0.05, 0.1) is 0 Å². The number of H-pyrrole nitrogens is 1. The molecule has 3 rings (SSSR count). The van der Waals surface area contributed by atoms with Crippen LogP contribution in [0.2, 0.25) is 5.02 Å². The number of hydrogen-bond acceptors (Lipinski definition) is 5. The first kappa shape index (κ1) is 11.8. The van der Waals surface area contributed by atoms with Crippen LogP contribution in [0.1, 0.15) is 5.69 Å². The highest BCUT2D eigenvalue weighted by Gasteiger charge is 2.14. The van der Waals surface area contributed by atoms with E-state index in [-0.39, 0.29) is 5.69 Å². The third kappa shape index (κ3) is 2.21. The smallest absolute Gasteiger partial charge is 0.192 e. The molecule has 1 N–H and O–H groups in total. The lowest BCUT2D eigenvalue weighted by molar-refractivity contribution is 0.936. The summed E-state index contributed by atoms with van der Waals surface area (Å²) in [5, 5.41) is 22.4. The summed E-state index contributed by atoms with van der Waals surface area (Å²) in [5.41, 5.74) is 2.27. The second-order valence-corrected chi connectivity index (χ2v) is 4.98. The summed E-state index contributed by atoms with van der Waals surface area (Å²) in [6.07, 6.45) is 0. The fraction of sp³-hybridized carbons (Fsp3) is 0. The Kier molecular flexibility index (Phi) is 2.99. The van der Waals surface area contributed by atoms with E-state index in [0.717, 1.165) is 10.6 Å². The van der Waals surface area contributed by atoms with Crippen LogP contribution in [0.5, 0.6) is 0 Å². The van der Waals surface area contributed by atoms with Crippen LogP contribution in [0, 0.1) is 11.3 Å². The number of thiazole rings is 1. The standard InChI is InChI=1S/C12H6ClN5S/c13-8-3-1-2-7(4-8)12-15-10(6-19-12)11-9(5-14)16-18-17-11/h1-4,6H,(H,16,17,18). The molecule has 0 aliphatic heterocycles. The van der Waals surface area contributed by atoms with Gasteiger partial charge in [-0.25, -0.2) is 4.98 Å². The zero-order chi connectivity index (χ0) is 13.2. The molecule has 1 aromatic carbocycles. The predicted octanol–water partition coefficient (Wildman–Crippen LogP) is 3.12. The molecule has 0 radical (unpaired) electrons. The Hall–Kier alpha value is -2.23. The van der Waals surface area contributed by atoms with Gasteiger partial charge < -0.3 is 0 Å². The summed E-state index contributed by atoms with van der Waals surface area (Å²) < 4.78 is 0. The number of nitrogens with one attached hydrogen (secondary N) is 1. The number of aromatic nitrogens is 4. The molecule has 0 fully saturated rings. The number of nitrogens with zero attached hydrogens (tertiary/aromatic N) is 4. The zero-order valence-electron chi connectivity index (χ0n) is 9.46. The molecule has 0 spiro atoms. The summed E-state index contributed by atoms with van der Waals surface area (Å²) in [7, 11) is 0. The van der Waals surface area contributed by atoms with Crippen LogP contribution in [0.3, 0.4) is 0 Å². The monoisotopic (exact) mass is 287 g/mol. The van der Waals surface area contributed by atoms with Gasteiger partial charge in [-0.15, -0.1) is 16.4 Å². The molecular formula is C12H6ClN5S. The van der Waals surface area contributed by atoms with Gasteiger partial charge in [0, 0.05) is 16.0 Å². The molecule has 0 unspecified atom stereocenters. The first-order chi connectivity index (χ1) is 9.28. The average Bonchev–Trinajstić information content (AvgIpc) is 3.07. The second kappa shape index (κ2) is 4.80. The quantitative estimate of drug-likeness (QED) is 0.785. The number of halogens is 1. The maximum atomic E-state index is 8.91. The lowest BCUT2D eigenvalue weighted by Crippen LogP contribution is -1.83. The molecule has 0 aliphatic carbocycles. The Bertz CT molecular complexity index is 770. The Labute approximate surface area is 117 Å². The van der Waals surface area contributed by atoms with E-state index in [0.29, 0.717) is 16.4 Å². The number of aromatic amines is 1. The van der Waals surface area contributed by atoms with Crippen LogP contribution in [0.25, 0.3) is 22.0 Å². The van der Waals surface area contributed by atoms with Crippen LogP contribution >= 0.6 is 22.9 Å². The van der Waals surface area contributed by atoms with Crippen LogP contribution in [-0.2, 0) is 0 Å². The van der Waals surface area contributed by atoms with Crippen molar-refractivity contribution in [3.05, 3.63) is 40.4 Å². The molecule has 2 heterocycles. The molecule has 92 valence electrons. The van der Waals surface area contributed by atoms with Crippen molar-refractivity contribution in [2.75, 3.05) is 0 Å². The molecule has 0 saturated heterocycles. The van der Waals surface area contributed by atoms with E-state index >= 15 is 0 Å². The van der Waals surface area contributed by atoms with Crippen LogP contribution < -0.4 is 0 Å². The predicted molar refractivity (Wildman–Crippen MR) is 72.7 cm³/mol. The Morgan fingerprint density at radius 1 is 1.32 bits per heavy atom. The van der Waals surface area contributed by atoms with Crippen molar-refractivity contribution in [2.24, 2.45) is 0 Å². The van der Waals surface area contributed by atoms with E-state index in [1.54, 1.807) is 0 Å². The SMILES string of the molecule is N#Cc1n[nH]nc1-c1csc(-c2cccc(Cl)c2)n1. The van der Waals surface area contributed by atoms with E-state index in [9.17, 15) is 0 Å². The molecule has 0 bridgehead atoms. The third-order valence-corrected chi connectivity index (χ3v) is 3.60. The molecular weight excluding hydrogens is 282 g/mol. The minimum Gasteiger partial charge on any atom is -0.234 e. The van der Waals surface area contributed by atoms with Gasteiger partial charge in [0.15, 0.2) is 5.69 Å². The van der Waals surface area contributed by atoms with Gasteiger partial charge in [-0.2, -0.15) is 15.6 Å². The number of hydrogen-bond donors (Lipinski definition) is 1. The lowest BCUT2D eigenvalue weighted by atomic mass is 10.2. The minimum absolute atomic E-state index is 0.239. The van der Waals surface area contributed by atoms with E-state index in [2.05, 4.69) is 20.4 Å². The van der Waals surface area contributed by atoms with Crippen LogP contribution in [-0.4, -0.2) is 20.4 Å². The topological polar surface area (TPSA) is 78.2 Å². The first-order valence-corrected chi connectivity index (χ1v) is 6.56. The molecule has 5 nitrogen and oxygen atoms in total. The van der Waals surface area contributed by atoms with Crippen LogP contribution in [0.4, 0.5) is 0 Å². The number of nitriles is 1. The summed E-state index contributed by atoms with van der Waals surface area (Å²) in [5.74, 6) is 0. The number of rotatable bonds is 2. The highest BCUT2D eigenvalue weighted by molar-refractivity contribution is 7.13. The average molecular weight is 288 g/mol.